The molecule has 9 nitrogen and oxygen atoms in total. The van der Waals surface area contributed by atoms with Gasteiger partial charge in [-0.15, -0.1) is 11.8 Å². The number of non-ortho nitro benzene ring substituents is 1. The third-order valence-corrected chi connectivity index (χ3v) is 12.4. The van der Waals surface area contributed by atoms with Crippen LogP contribution in [0.5, 0.6) is 5.75 Å². The monoisotopic (exact) mass is 645 g/mol. The first-order valence-corrected chi connectivity index (χ1v) is 16.4. The van der Waals surface area contributed by atoms with Crippen molar-refractivity contribution in [2.45, 2.75) is 29.2 Å². The van der Waals surface area contributed by atoms with E-state index >= 15 is 0 Å². The highest BCUT2D eigenvalue weighted by Gasteiger charge is 2.70. The van der Waals surface area contributed by atoms with Crippen LogP contribution in [0.4, 0.5) is 11.4 Å². The fraction of sp³-hybridized carbons (Fsp3) is 0.281. The van der Waals surface area contributed by atoms with Gasteiger partial charge >= 0.3 is 4.87 Å². The number of carbonyl (C=O) groups excluding carboxylic acids is 2. The minimum atomic E-state index is -0.480. The van der Waals surface area contributed by atoms with Crippen LogP contribution >= 0.6 is 34.7 Å². The number of nitro benzene ring substituents is 1. The SMILES string of the molecule is O=C1C2C3CC(C2C(=O)N1c1ccccc1)C1C3Sc2[nH]c(=O)sc2[C@@H]1c1cc([N+](=O)[O-])ccc1OCc1ccc(Cl)cc1. The van der Waals surface area contributed by atoms with Crippen molar-refractivity contribution in [2.75, 3.05) is 4.90 Å². The van der Waals surface area contributed by atoms with Gasteiger partial charge in [0.05, 0.1) is 27.5 Å². The van der Waals surface area contributed by atoms with E-state index in [0.29, 0.717) is 28.4 Å². The van der Waals surface area contributed by atoms with Gasteiger partial charge in [0.1, 0.15) is 12.4 Å². The van der Waals surface area contributed by atoms with Crippen LogP contribution in [0.2, 0.25) is 5.02 Å². The molecule has 3 aromatic carbocycles. The van der Waals surface area contributed by atoms with E-state index in [9.17, 15) is 24.5 Å². The molecule has 2 bridgehead atoms. The van der Waals surface area contributed by atoms with Crippen LogP contribution in [0.3, 0.4) is 0 Å². The summed E-state index contributed by atoms with van der Waals surface area (Å²) >= 11 is 8.73. The van der Waals surface area contributed by atoms with Crippen molar-refractivity contribution in [1.82, 2.24) is 4.98 Å². The Morgan fingerprint density at radius 3 is 2.43 bits per heavy atom. The Bertz CT molecular complexity index is 1890. The molecule has 1 aromatic heterocycles. The van der Waals surface area contributed by atoms with Crippen molar-refractivity contribution in [1.29, 1.82) is 0 Å². The van der Waals surface area contributed by atoms with Gasteiger partial charge < -0.3 is 9.72 Å². The number of nitrogens with one attached hydrogen (secondary N) is 1. The molecule has 2 amide bonds. The highest BCUT2D eigenvalue weighted by atomic mass is 35.5. The Morgan fingerprint density at radius 1 is 0.977 bits per heavy atom. The van der Waals surface area contributed by atoms with Crippen LogP contribution < -0.4 is 14.5 Å². The molecule has 1 N–H and O–H groups in total. The lowest BCUT2D eigenvalue weighted by molar-refractivity contribution is -0.385. The van der Waals surface area contributed by atoms with Crippen LogP contribution in [0.25, 0.3) is 0 Å². The van der Waals surface area contributed by atoms with E-state index in [1.165, 1.54) is 11.0 Å². The van der Waals surface area contributed by atoms with Crippen LogP contribution in [-0.4, -0.2) is 27.0 Å². The van der Waals surface area contributed by atoms with Gasteiger partial charge in [-0.3, -0.25) is 29.4 Å². The predicted octanol–water partition coefficient (Wildman–Crippen LogP) is 6.25. The summed E-state index contributed by atoms with van der Waals surface area (Å²) in [5.41, 5.74) is 1.98. The molecule has 44 heavy (non-hydrogen) atoms. The number of fused-ring (bicyclic) bond motifs is 9. The number of hydrogen-bond donors (Lipinski definition) is 1. The first-order valence-electron chi connectivity index (χ1n) is 14.3. The maximum Gasteiger partial charge on any atom is 0.305 e. The van der Waals surface area contributed by atoms with Gasteiger partial charge in [-0.05, 0) is 60.1 Å². The van der Waals surface area contributed by atoms with Crippen LogP contribution in [-0.2, 0) is 16.2 Å². The van der Waals surface area contributed by atoms with Crippen LogP contribution in [0, 0.1) is 39.7 Å². The summed E-state index contributed by atoms with van der Waals surface area (Å²) in [6, 6.07) is 20.9. The first-order chi connectivity index (χ1) is 21.3. The number of amides is 2. The van der Waals surface area contributed by atoms with Crippen molar-refractivity contribution in [3.05, 3.63) is 114 Å². The number of aromatic amines is 1. The van der Waals surface area contributed by atoms with Gasteiger partial charge in [-0.2, -0.15) is 0 Å². The number of ether oxygens (including phenoxy) is 1. The minimum absolute atomic E-state index is 0.0557. The smallest absolute Gasteiger partial charge is 0.305 e. The number of nitro groups is 1. The van der Waals surface area contributed by atoms with E-state index in [2.05, 4.69) is 4.98 Å². The molecule has 7 atom stereocenters. The number of thioether (sulfide) groups is 1. The Morgan fingerprint density at radius 2 is 1.70 bits per heavy atom. The third kappa shape index (κ3) is 4.17. The largest absolute Gasteiger partial charge is 0.489 e. The highest BCUT2D eigenvalue weighted by Crippen LogP contribution is 2.69. The topological polar surface area (TPSA) is 123 Å². The summed E-state index contributed by atoms with van der Waals surface area (Å²) in [5.74, 6) is -1.54. The molecule has 8 rings (SSSR count). The predicted molar refractivity (Wildman–Crippen MR) is 166 cm³/mol. The van der Waals surface area contributed by atoms with Gasteiger partial charge in [0.25, 0.3) is 5.69 Å². The number of nitrogens with zero attached hydrogens (tertiary/aromatic N) is 2. The third-order valence-electron chi connectivity index (χ3n) is 9.59. The van der Waals surface area contributed by atoms with E-state index in [4.69, 9.17) is 16.3 Å². The number of H-pyrrole nitrogens is 1. The normalized spacial score (nSPS) is 28.1. The Balaban J connectivity index is 1.23. The molecule has 12 heteroatoms. The van der Waals surface area contributed by atoms with Crippen LogP contribution in [0.15, 0.2) is 82.6 Å². The van der Waals surface area contributed by atoms with Crippen molar-refractivity contribution in [2.24, 2.45) is 29.6 Å². The number of hydrogen-bond acceptors (Lipinski definition) is 8. The summed E-state index contributed by atoms with van der Waals surface area (Å²) in [6.45, 7) is 0.212. The number of rotatable bonds is 6. The molecule has 2 saturated carbocycles. The van der Waals surface area contributed by atoms with Gasteiger partial charge in [0.15, 0.2) is 0 Å². The van der Waals surface area contributed by atoms with E-state index in [1.54, 1.807) is 48.2 Å². The summed E-state index contributed by atoms with van der Waals surface area (Å²) in [4.78, 5) is 56.9. The quantitative estimate of drug-likeness (QED) is 0.149. The van der Waals surface area contributed by atoms with Crippen molar-refractivity contribution in [3.63, 3.8) is 0 Å². The van der Waals surface area contributed by atoms with Crippen molar-refractivity contribution < 1.29 is 19.2 Å². The molecule has 3 fully saturated rings. The molecule has 1 saturated heterocycles. The Labute approximate surface area is 264 Å². The molecule has 0 radical (unpaired) electrons. The number of thiazole rings is 1. The molecule has 0 spiro atoms. The molecule has 2 aliphatic carbocycles. The summed E-state index contributed by atoms with van der Waals surface area (Å²) < 4.78 is 6.32. The van der Waals surface area contributed by atoms with Crippen molar-refractivity contribution in [3.8, 4) is 5.75 Å². The zero-order chi connectivity index (χ0) is 30.3. The molecule has 3 heterocycles. The second-order valence-corrected chi connectivity index (χ2v) is 14.3. The zero-order valence-corrected chi connectivity index (χ0v) is 25.3. The van der Waals surface area contributed by atoms with Gasteiger partial charge in [0, 0.05) is 38.8 Å². The van der Waals surface area contributed by atoms with Gasteiger partial charge in [-0.1, -0.05) is 53.3 Å². The van der Waals surface area contributed by atoms with E-state index in [1.807, 2.05) is 30.3 Å². The van der Waals surface area contributed by atoms with Crippen LogP contribution in [0.1, 0.15) is 28.3 Å². The molecule has 6 unspecified atom stereocenters. The second-order valence-electron chi connectivity index (χ2n) is 11.7. The number of halogens is 1. The van der Waals surface area contributed by atoms with E-state index in [0.717, 1.165) is 26.8 Å². The Kier molecular flexibility index (Phi) is 6.48. The average molecular weight is 646 g/mol. The molecule has 222 valence electrons. The lowest BCUT2D eigenvalue weighted by Crippen LogP contribution is -2.42. The number of benzene rings is 3. The zero-order valence-electron chi connectivity index (χ0n) is 22.9. The van der Waals surface area contributed by atoms with Gasteiger partial charge in [0.2, 0.25) is 11.8 Å². The van der Waals surface area contributed by atoms with E-state index in [-0.39, 0.29) is 52.0 Å². The molecular formula is C32H24ClN3O6S2. The summed E-state index contributed by atoms with van der Waals surface area (Å²) in [5, 5.41) is 13.2. The first kappa shape index (κ1) is 27.6. The molecule has 4 aromatic rings. The number of carbonyl (C=O) groups is 2. The lowest BCUT2D eigenvalue weighted by Gasteiger charge is -2.43. The highest BCUT2D eigenvalue weighted by molar-refractivity contribution is 8.00. The van der Waals surface area contributed by atoms with Gasteiger partial charge in [-0.25, -0.2) is 0 Å². The van der Waals surface area contributed by atoms with E-state index < -0.39 is 22.7 Å². The number of aromatic nitrogens is 1. The molecular weight excluding hydrogens is 622 g/mol. The molecule has 4 aliphatic rings. The average Bonchev–Trinajstić information content (AvgIpc) is 3.76. The molecule has 2 aliphatic heterocycles. The Hall–Kier alpha value is -3.93. The fourth-order valence-electron chi connectivity index (χ4n) is 7.96. The minimum Gasteiger partial charge on any atom is -0.489 e. The lowest BCUT2D eigenvalue weighted by atomic mass is 9.68. The second kappa shape index (κ2) is 10.3. The number of imide groups is 1. The fourth-order valence-corrected chi connectivity index (χ4v) is 11.0. The maximum atomic E-state index is 14.0. The number of para-hydroxylation sites is 1. The van der Waals surface area contributed by atoms with Crippen molar-refractivity contribution >= 4 is 57.9 Å². The standard InChI is InChI=1S/C32H24ClN3O6S2/c33-16-8-6-15(7-9-16)14-42-22-11-10-18(36(40)41)12-19(22)23-24-20-13-21(27(24)43-29-28(23)44-32(39)34-29)26-25(20)30(37)35(31(26)38)17-4-2-1-3-5-17/h1-12,20-21,23-27H,13-14H2,(H,34,39)/t20?,21?,23-,24?,25?,26?,27?/m1/s1. The summed E-state index contributed by atoms with van der Waals surface area (Å²) in [6.07, 6.45) is 0.712. The summed E-state index contributed by atoms with van der Waals surface area (Å²) in [7, 11) is 0. The maximum absolute atomic E-state index is 14.0. The number of anilines is 1.